The lowest BCUT2D eigenvalue weighted by atomic mass is 9.99. The maximum atomic E-state index is 13.0. The summed E-state index contributed by atoms with van der Waals surface area (Å²) >= 11 is 1.74. The van der Waals surface area contributed by atoms with Crippen molar-refractivity contribution in [3.05, 3.63) is 29.3 Å². The summed E-state index contributed by atoms with van der Waals surface area (Å²) in [4.78, 5) is 4.76. The van der Waals surface area contributed by atoms with Gasteiger partial charge in [0.05, 0.1) is 27.4 Å². The highest BCUT2D eigenvalue weighted by atomic mass is 32.2. The maximum absolute atomic E-state index is 13.0. The Bertz CT molecular complexity index is 832. The molecule has 2 aromatic rings. The van der Waals surface area contributed by atoms with E-state index in [4.69, 9.17) is 9.72 Å². The molecule has 2 atom stereocenters. The van der Waals surface area contributed by atoms with Gasteiger partial charge in [-0.2, -0.15) is 17.0 Å². The zero-order valence-corrected chi connectivity index (χ0v) is 16.8. The summed E-state index contributed by atoms with van der Waals surface area (Å²) in [6.45, 7) is 5.84. The quantitative estimate of drug-likeness (QED) is 0.802. The highest BCUT2D eigenvalue weighted by Crippen LogP contribution is 2.35. The number of benzene rings is 1. The Morgan fingerprint density at radius 3 is 2.38 bits per heavy atom. The summed E-state index contributed by atoms with van der Waals surface area (Å²) in [7, 11) is -3.41. The molecule has 0 amide bonds. The van der Waals surface area contributed by atoms with Crippen molar-refractivity contribution in [3.8, 4) is 0 Å². The van der Waals surface area contributed by atoms with Crippen LogP contribution in [0.15, 0.2) is 24.3 Å². The number of ether oxygens (including phenoxy) is 1. The average molecular weight is 396 g/mol. The van der Waals surface area contributed by atoms with Crippen molar-refractivity contribution in [1.29, 1.82) is 0 Å². The molecule has 0 aliphatic carbocycles. The van der Waals surface area contributed by atoms with E-state index in [-0.39, 0.29) is 12.2 Å². The first-order chi connectivity index (χ1) is 12.4. The first kappa shape index (κ1) is 18.3. The molecule has 0 radical (unpaired) electrons. The number of hydrogen-bond acceptors (Lipinski definition) is 5. The van der Waals surface area contributed by atoms with Gasteiger partial charge in [-0.3, -0.25) is 0 Å². The molecule has 2 aliphatic rings. The van der Waals surface area contributed by atoms with Crippen molar-refractivity contribution in [3.63, 3.8) is 0 Å². The van der Waals surface area contributed by atoms with Gasteiger partial charge in [0.25, 0.3) is 10.2 Å². The molecule has 0 N–H and O–H groups in total. The van der Waals surface area contributed by atoms with Crippen LogP contribution < -0.4 is 0 Å². The van der Waals surface area contributed by atoms with Crippen molar-refractivity contribution in [1.82, 2.24) is 13.6 Å². The number of thiazole rings is 1. The molecule has 26 heavy (non-hydrogen) atoms. The Morgan fingerprint density at radius 1 is 1.08 bits per heavy atom. The van der Waals surface area contributed by atoms with E-state index in [9.17, 15) is 8.42 Å². The second kappa shape index (κ2) is 7.16. The van der Waals surface area contributed by atoms with E-state index in [0.717, 1.165) is 23.4 Å². The number of aromatic nitrogens is 1. The standard InChI is InChI=1S/C18H25N3O3S2/c1-13-11-21(12-14(2)24-13)26(22,23)20-9-7-15(8-10-20)18-19-16-5-3-4-6-17(16)25-18/h3-6,13-15H,7-12H2,1-2H3. The van der Waals surface area contributed by atoms with E-state index in [1.54, 1.807) is 19.9 Å². The Hall–Kier alpha value is -1.06. The van der Waals surface area contributed by atoms with E-state index in [1.165, 1.54) is 4.70 Å². The van der Waals surface area contributed by atoms with Gasteiger partial charge in [0.1, 0.15) is 0 Å². The first-order valence-electron chi connectivity index (χ1n) is 9.19. The van der Waals surface area contributed by atoms with Crippen LogP contribution in [-0.2, 0) is 14.9 Å². The van der Waals surface area contributed by atoms with Crippen LogP contribution in [0.4, 0.5) is 0 Å². The summed E-state index contributed by atoms with van der Waals surface area (Å²) in [6, 6.07) is 8.17. The van der Waals surface area contributed by atoms with Gasteiger partial charge < -0.3 is 4.74 Å². The minimum atomic E-state index is -3.41. The van der Waals surface area contributed by atoms with Gasteiger partial charge in [-0.1, -0.05) is 12.1 Å². The number of rotatable bonds is 3. The monoisotopic (exact) mass is 395 g/mol. The van der Waals surface area contributed by atoms with Crippen LogP contribution >= 0.6 is 11.3 Å². The molecule has 6 nitrogen and oxygen atoms in total. The minimum absolute atomic E-state index is 0.0613. The largest absolute Gasteiger partial charge is 0.373 e. The lowest BCUT2D eigenvalue weighted by Crippen LogP contribution is -2.54. The molecule has 0 saturated carbocycles. The van der Waals surface area contributed by atoms with Crippen molar-refractivity contribution in [2.24, 2.45) is 0 Å². The van der Waals surface area contributed by atoms with Crippen LogP contribution in [-0.4, -0.2) is 60.4 Å². The normalized spacial score (nSPS) is 27.2. The second-order valence-electron chi connectivity index (χ2n) is 7.28. The van der Waals surface area contributed by atoms with Crippen molar-refractivity contribution < 1.29 is 13.2 Å². The highest BCUT2D eigenvalue weighted by Gasteiger charge is 2.37. The van der Waals surface area contributed by atoms with Gasteiger partial charge in [0.2, 0.25) is 0 Å². The van der Waals surface area contributed by atoms with Gasteiger partial charge in [-0.15, -0.1) is 11.3 Å². The molecule has 2 fully saturated rings. The van der Waals surface area contributed by atoms with E-state index in [0.29, 0.717) is 32.1 Å². The number of para-hydroxylation sites is 1. The predicted molar refractivity (Wildman–Crippen MR) is 104 cm³/mol. The number of nitrogens with zero attached hydrogens (tertiary/aromatic N) is 3. The Morgan fingerprint density at radius 2 is 1.73 bits per heavy atom. The van der Waals surface area contributed by atoms with Crippen molar-refractivity contribution >= 4 is 31.8 Å². The van der Waals surface area contributed by atoms with Gasteiger partial charge in [-0.25, -0.2) is 4.98 Å². The molecule has 1 aromatic carbocycles. The molecular formula is C18H25N3O3S2. The van der Waals surface area contributed by atoms with Crippen molar-refractivity contribution in [2.45, 2.75) is 44.8 Å². The fourth-order valence-electron chi connectivity index (χ4n) is 3.88. The maximum Gasteiger partial charge on any atom is 0.282 e. The number of hydrogen-bond donors (Lipinski definition) is 0. The highest BCUT2D eigenvalue weighted by molar-refractivity contribution is 7.86. The van der Waals surface area contributed by atoms with E-state index in [2.05, 4.69) is 6.07 Å². The van der Waals surface area contributed by atoms with Crippen LogP contribution in [0, 0.1) is 0 Å². The van der Waals surface area contributed by atoms with Crippen LogP contribution in [0.25, 0.3) is 10.2 Å². The fourth-order valence-corrected chi connectivity index (χ4v) is 6.81. The molecule has 3 heterocycles. The van der Waals surface area contributed by atoms with Crippen LogP contribution in [0.2, 0.25) is 0 Å². The Labute approximate surface area is 159 Å². The van der Waals surface area contributed by atoms with E-state index < -0.39 is 10.2 Å². The number of morpholine rings is 1. The van der Waals surface area contributed by atoms with E-state index >= 15 is 0 Å². The SMILES string of the molecule is CC1CN(S(=O)(=O)N2CCC(c3nc4ccccc4s3)CC2)CC(C)O1. The van der Waals surface area contributed by atoms with Crippen molar-refractivity contribution in [2.75, 3.05) is 26.2 Å². The molecule has 0 spiro atoms. The van der Waals surface area contributed by atoms with Crippen LogP contribution in [0.5, 0.6) is 0 Å². The Kier molecular flexibility index (Phi) is 5.04. The molecule has 1 aromatic heterocycles. The molecule has 2 saturated heterocycles. The Balaban J connectivity index is 1.44. The fraction of sp³-hybridized carbons (Fsp3) is 0.611. The second-order valence-corrected chi connectivity index (χ2v) is 10.3. The minimum Gasteiger partial charge on any atom is -0.373 e. The van der Waals surface area contributed by atoms with E-state index in [1.807, 2.05) is 32.0 Å². The summed E-state index contributed by atoms with van der Waals surface area (Å²) in [6.07, 6.45) is 1.53. The molecule has 0 bridgehead atoms. The first-order valence-corrected chi connectivity index (χ1v) is 11.4. The lowest BCUT2D eigenvalue weighted by Gasteiger charge is -2.39. The summed E-state index contributed by atoms with van der Waals surface area (Å²) in [5.74, 6) is 0.349. The zero-order valence-electron chi connectivity index (χ0n) is 15.2. The number of piperidine rings is 1. The molecule has 4 rings (SSSR count). The van der Waals surface area contributed by atoms with Gasteiger partial charge in [0, 0.05) is 32.1 Å². The van der Waals surface area contributed by atoms with Gasteiger partial charge >= 0.3 is 0 Å². The van der Waals surface area contributed by atoms with Gasteiger partial charge in [0.15, 0.2) is 0 Å². The zero-order chi connectivity index (χ0) is 18.3. The molecule has 2 unspecified atom stereocenters. The smallest absolute Gasteiger partial charge is 0.282 e. The third-order valence-electron chi connectivity index (χ3n) is 5.15. The molecule has 142 valence electrons. The molecule has 8 heteroatoms. The lowest BCUT2D eigenvalue weighted by molar-refractivity contribution is -0.0456. The molecular weight excluding hydrogens is 370 g/mol. The third-order valence-corrected chi connectivity index (χ3v) is 8.32. The van der Waals surface area contributed by atoms with Crippen LogP contribution in [0.1, 0.15) is 37.6 Å². The summed E-state index contributed by atoms with van der Waals surface area (Å²) in [5.41, 5.74) is 1.04. The summed E-state index contributed by atoms with van der Waals surface area (Å²) in [5, 5.41) is 1.14. The number of fused-ring (bicyclic) bond motifs is 1. The topological polar surface area (TPSA) is 62.7 Å². The predicted octanol–water partition coefficient (Wildman–Crippen LogP) is 2.83. The average Bonchev–Trinajstić information content (AvgIpc) is 3.05. The van der Waals surface area contributed by atoms with Gasteiger partial charge in [-0.05, 0) is 38.8 Å². The van der Waals surface area contributed by atoms with Crippen LogP contribution in [0.3, 0.4) is 0 Å². The summed E-state index contributed by atoms with van der Waals surface area (Å²) < 4.78 is 36.1. The molecule has 2 aliphatic heterocycles. The third kappa shape index (κ3) is 3.53.